The largest absolute Gasteiger partial charge is 0.458 e. The first-order chi connectivity index (χ1) is 9.35. The second-order valence-corrected chi connectivity index (χ2v) is 4.66. The minimum atomic E-state index is -4.35. The normalized spacial score (nSPS) is 13.8. The zero-order valence-corrected chi connectivity index (χ0v) is 10.9. The molecule has 0 saturated carbocycles. The van der Waals surface area contributed by atoms with E-state index in [9.17, 15) is 18.3 Å². The molecule has 0 radical (unpaired) electrons. The van der Waals surface area contributed by atoms with Gasteiger partial charge in [-0.2, -0.15) is 13.2 Å². The Morgan fingerprint density at radius 3 is 2.75 bits per heavy atom. The topological polar surface area (TPSA) is 42.6 Å². The van der Waals surface area contributed by atoms with Gasteiger partial charge in [-0.05, 0) is 25.1 Å². The second kappa shape index (κ2) is 5.85. The third-order valence-electron chi connectivity index (χ3n) is 2.82. The van der Waals surface area contributed by atoms with E-state index in [-0.39, 0.29) is 13.0 Å². The fraction of sp³-hybridized carbons (Fsp3) is 0.429. The van der Waals surface area contributed by atoms with Crippen LogP contribution >= 0.6 is 0 Å². The molecule has 2 rings (SSSR count). The van der Waals surface area contributed by atoms with Gasteiger partial charge in [-0.25, -0.2) is 0 Å². The number of aliphatic hydroxyl groups is 1. The molecule has 0 amide bonds. The molecule has 0 aliphatic rings. The second-order valence-electron chi connectivity index (χ2n) is 4.66. The molecule has 0 spiro atoms. The molecule has 0 bridgehead atoms. The van der Waals surface area contributed by atoms with Crippen molar-refractivity contribution < 1.29 is 27.4 Å². The molecule has 1 atom stereocenters. The Bertz CT molecular complexity index is 575. The van der Waals surface area contributed by atoms with Gasteiger partial charge in [0.15, 0.2) is 0 Å². The summed E-state index contributed by atoms with van der Waals surface area (Å²) in [6.45, 7) is 0.448. The summed E-state index contributed by atoms with van der Waals surface area (Å²) in [5.74, 6) is 0.334. The Morgan fingerprint density at radius 2 is 2.05 bits per heavy atom. The van der Waals surface area contributed by atoms with Gasteiger partial charge in [0.1, 0.15) is 24.1 Å². The van der Waals surface area contributed by atoms with E-state index in [1.54, 1.807) is 12.1 Å². The van der Waals surface area contributed by atoms with Crippen LogP contribution in [0.15, 0.2) is 28.7 Å². The number of fused-ring (bicyclic) bond motifs is 1. The number of hydrogen-bond acceptors (Lipinski definition) is 3. The van der Waals surface area contributed by atoms with Crippen LogP contribution in [0, 0.1) is 6.92 Å². The number of alkyl halides is 3. The number of halogens is 3. The van der Waals surface area contributed by atoms with Crippen LogP contribution in [0.5, 0.6) is 0 Å². The number of hydrogen-bond donors (Lipinski definition) is 1. The predicted octanol–water partition coefficient (Wildman–Crippen LogP) is 3.74. The first-order valence-electron chi connectivity index (χ1n) is 6.18. The van der Waals surface area contributed by atoms with E-state index in [0.717, 1.165) is 10.9 Å². The van der Waals surface area contributed by atoms with Crippen molar-refractivity contribution in [3.8, 4) is 0 Å². The third-order valence-corrected chi connectivity index (χ3v) is 2.82. The van der Waals surface area contributed by atoms with Crippen molar-refractivity contribution in [2.75, 3.05) is 13.2 Å². The standard InChI is InChI=1S/C14H15F3O3/c1-9-2-3-12-10(6-9)7-13(20-12)11(18)4-5-19-8-14(15,16)17/h2-3,6-7,11,18H,4-5,8H2,1H3. The van der Waals surface area contributed by atoms with Crippen LogP contribution in [0.25, 0.3) is 11.0 Å². The van der Waals surface area contributed by atoms with E-state index in [0.29, 0.717) is 11.3 Å². The Labute approximate surface area is 114 Å². The molecule has 20 heavy (non-hydrogen) atoms. The average Bonchev–Trinajstić information content (AvgIpc) is 2.76. The molecule has 1 aromatic heterocycles. The van der Waals surface area contributed by atoms with Crippen LogP contribution in [0.3, 0.4) is 0 Å². The van der Waals surface area contributed by atoms with Crippen molar-refractivity contribution in [1.29, 1.82) is 0 Å². The minimum absolute atomic E-state index is 0.0505. The van der Waals surface area contributed by atoms with Crippen LogP contribution in [-0.2, 0) is 4.74 Å². The minimum Gasteiger partial charge on any atom is -0.458 e. The monoisotopic (exact) mass is 288 g/mol. The number of aliphatic hydroxyl groups excluding tert-OH is 1. The lowest BCUT2D eigenvalue weighted by Crippen LogP contribution is -2.18. The van der Waals surface area contributed by atoms with Crippen molar-refractivity contribution in [1.82, 2.24) is 0 Å². The third kappa shape index (κ3) is 3.98. The molecule has 1 heterocycles. The van der Waals surface area contributed by atoms with Gasteiger partial charge in [0.2, 0.25) is 0 Å². The van der Waals surface area contributed by atoms with Gasteiger partial charge in [0, 0.05) is 18.4 Å². The molecular formula is C14H15F3O3. The zero-order chi connectivity index (χ0) is 14.8. The van der Waals surface area contributed by atoms with Gasteiger partial charge < -0.3 is 14.3 Å². The van der Waals surface area contributed by atoms with Gasteiger partial charge in [-0.3, -0.25) is 0 Å². The molecule has 0 saturated heterocycles. The van der Waals surface area contributed by atoms with E-state index >= 15 is 0 Å². The van der Waals surface area contributed by atoms with Gasteiger partial charge in [0.05, 0.1) is 0 Å². The molecule has 0 aliphatic carbocycles. The predicted molar refractivity (Wildman–Crippen MR) is 67.4 cm³/mol. The maximum atomic E-state index is 11.9. The average molecular weight is 288 g/mol. The Hall–Kier alpha value is -1.53. The highest BCUT2D eigenvalue weighted by atomic mass is 19.4. The van der Waals surface area contributed by atoms with Crippen LogP contribution in [0.2, 0.25) is 0 Å². The van der Waals surface area contributed by atoms with Crippen molar-refractivity contribution >= 4 is 11.0 Å². The summed E-state index contributed by atoms with van der Waals surface area (Å²) in [5.41, 5.74) is 1.70. The first kappa shape index (κ1) is 14.9. The van der Waals surface area contributed by atoms with Crippen LogP contribution in [0.4, 0.5) is 13.2 Å². The molecule has 3 nitrogen and oxygen atoms in total. The maximum Gasteiger partial charge on any atom is 0.411 e. The molecule has 1 aromatic carbocycles. The molecule has 110 valence electrons. The Kier molecular flexibility index (Phi) is 4.35. The van der Waals surface area contributed by atoms with Crippen molar-refractivity contribution in [2.45, 2.75) is 25.6 Å². The van der Waals surface area contributed by atoms with E-state index < -0.39 is 18.9 Å². The van der Waals surface area contributed by atoms with Crippen LogP contribution < -0.4 is 0 Å². The lowest BCUT2D eigenvalue weighted by molar-refractivity contribution is -0.175. The van der Waals surface area contributed by atoms with Crippen LogP contribution in [-0.4, -0.2) is 24.5 Å². The summed E-state index contributed by atoms with van der Waals surface area (Å²) < 4.78 is 45.5. The van der Waals surface area contributed by atoms with Crippen LogP contribution in [0.1, 0.15) is 23.8 Å². The van der Waals surface area contributed by atoms with Crippen molar-refractivity contribution in [3.05, 3.63) is 35.6 Å². The summed E-state index contributed by atoms with van der Waals surface area (Å²) in [5, 5.41) is 10.7. The lowest BCUT2D eigenvalue weighted by Gasteiger charge is -2.09. The number of furan rings is 1. The van der Waals surface area contributed by atoms with Crippen molar-refractivity contribution in [3.63, 3.8) is 0 Å². The van der Waals surface area contributed by atoms with Gasteiger partial charge in [-0.1, -0.05) is 11.6 Å². The SMILES string of the molecule is Cc1ccc2oc(C(O)CCOCC(F)(F)F)cc2c1. The van der Waals surface area contributed by atoms with E-state index in [2.05, 4.69) is 4.74 Å². The molecule has 1 unspecified atom stereocenters. The molecule has 0 aliphatic heterocycles. The number of aryl methyl sites for hydroxylation is 1. The number of benzene rings is 1. The van der Waals surface area contributed by atoms with Gasteiger partial charge >= 0.3 is 6.18 Å². The summed E-state index contributed by atoms with van der Waals surface area (Å²) in [6.07, 6.45) is -5.27. The molecular weight excluding hydrogens is 273 g/mol. The highest BCUT2D eigenvalue weighted by molar-refractivity contribution is 5.78. The highest BCUT2D eigenvalue weighted by Crippen LogP contribution is 2.26. The zero-order valence-electron chi connectivity index (χ0n) is 10.9. The highest BCUT2D eigenvalue weighted by Gasteiger charge is 2.27. The van der Waals surface area contributed by atoms with E-state index in [1.165, 1.54) is 0 Å². The molecule has 0 fully saturated rings. The van der Waals surface area contributed by atoms with Gasteiger partial charge in [-0.15, -0.1) is 0 Å². The smallest absolute Gasteiger partial charge is 0.411 e. The summed E-state index contributed by atoms with van der Waals surface area (Å²) in [6, 6.07) is 7.28. The molecule has 6 heteroatoms. The first-order valence-corrected chi connectivity index (χ1v) is 6.18. The fourth-order valence-electron chi connectivity index (χ4n) is 1.87. The van der Waals surface area contributed by atoms with E-state index in [4.69, 9.17) is 4.42 Å². The fourth-order valence-corrected chi connectivity index (χ4v) is 1.87. The Balaban J connectivity index is 1.92. The summed E-state index contributed by atoms with van der Waals surface area (Å²) in [7, 11) is 0. The number of rotatable bonds is 5. The Morgan fingerprint density at radius 1 is 1.30 bits per heavy atom. The maximum absolute atomic E-state index is 11.9. The van der Waals surface area contributed by atoms with Crippen molar-refractivity contribution in [2.24, 2.45) is 0 Å². The summed E-state index contributed by atoms with van der Waals surface area (Å²) in [4.78, 5) is 0. The number of ether oxygens (including phenoxy) is 1. The quantitative estimate of drug-likeness (QED) is 0.852. The molecule has 2 aromatic rings. The van der Waals surface area contributed by atoms with Gasteiger partial charge in [0.25, 0.3) is 0 Å². The lowest BCUT2D eigenvalue weighted by atomic mass is 10.1. The van der Waals surface area contributed by atoms with E-state index in [1.807, 2.05) is 19.1 Å². The molecule has 1 N–H and O–H groups in total. The summed E-state index contributed by atoms with van der Waals surface area (Å²) >= 11 is 0.